The third-order valence-electron chi connectivity index (χ3n) is 4.68. The first-order valence-electron chi connectivity index (χ1n) is 9.99. The average molecular weight is 478 g/mol. The van der Waals surface area contributed by atoms with E-state index in [-0.39, 0.29) is 11.1 Å². The first kappa shape index (κ1) is 24.3. The molecular weight excluding hydrogens is 457 g/mol. The highest BCUT2D eigenvalue weighted by atomic mass is 32.2. The van der Waals surface area contributed by atoms with Gasteiger partial charge in [0.2, 0.25) is 17.7 Å². The van der Waals surface area contributed by atoms with E-state index < -0.39 is 46.7 Å². The number of nitrogens with zero attached hydrogens (tertiary/aromatic N) is 2. The van der Waals surface area contributed by atoms with Gasteiger partial charge in [-0.3, -0.25) is 9.59 Å². The maximum Gasteiger partial charge on any atom is 0.277 e. The summed E-state index contributed by atoms with van der Waals surface area (Å²) in [5.41, 5.74) is 0.609. The van der Waals surface area contributed by atoms with Crippen LogP contribution in [0.3, 0.4) is 0 Å². The van der Waals surface area contributed by atoms with Crippen LogP contribution >= 0.6 is 11.8 Å². The van der Waals surface area contributed by atoms with Crippen LogP contribution in [0.15, 0.2) is 52.1 Å². The van der Waals surface area contributed by atoms with E-state index in [4.69, 9.17) is 4.42 Å². The Morgan fingerprint density at radius 2 is 1.76 bits per heavy atom. The van der Waals surface area contributed by atoms with Crippen molar-refractivity contribution in [3.05, 3.63) is 71.4 Å². The van der Waals surface area contributed by atoms with Crippen molar-refractivity contribution < 1.29 is 27.2 Å². The number of anilines is 1. The summed E-state index contributed by atoms with van der Waals surface area (Å²) in [5.74, 6) is -5.29. The van der Waals surface area contributed by atoms with Crippen molar-refractivity contribution in [2.24, 2.45) is 0 Å². The number of amides is 2. The Labute approximate surface area is 192 Å². The molecule has 2 N–H and O–H groups in total. The molecule has 7 nitrogen and oxygen atoms in total. The van der Waals surface area contributed by atoms with Crippen LogP contribution in [0, 0.1) is 17.5 Å². The number of thioether (sulfide) groups is 1. The first-order valence-corrected chi connectivity index (χ1v) is 10.9. The quantitative estimate of drug-likeness (QED) is 0.356. The molecule has 0 radical (unpaired) electrons. The predicted molar refractivity (Wildman–Crippen MR) is 116 cm³/mol. The maximum atomic E-state index is 13.6. The van der Waals surface area contributed by atoms with Crippen molar-refractivity contribution in [3.63, 3.8) is 0 Å². The lowest BCUT2D eigenvalue weighted by atomic mass is 9.98. The Morgan fingerprint density at radius 3 is 2.48 bits per heavy atom. The zero-order valence-corrected chi connectivity index (χ0v) is 18.6. The fourth-order valence-corrected chi connectivity index (χ4v) is 3.59. The maximum absolute atomic E-state index is 13.6. The summed E-state index contributed by atoms with van der Waals surface area (Å²) >= 11 is 1.02. The second-order valence-electron chi connectivity index (χ2n) is 7.23. The van der Waals surface area contributed by atoms with E-state index in [0.717, 1.165) is 23.4 Å². The van der Waals surface area contributed by atoms with Crippen molar-refractivity contribution in [2.75, 3.05) is 11.9 Å². The van der Waals surface area contributed by atoms with Crippen LogP contribution in [0.2, 0.25) is 0 Å². The van der Waals surface area contributed by atoms with Gasteiger partial charge in [-0.2, -0.15) is 0 Å². The summed E-state index contributed by atoms with van der Waals surface area (Å²) < 4.78 is 45.4. The minimum absolute atomic E-state index is 0.170. The number of hydrogen-bond donors (Lipinski definition) is 2. The highest BCUT2D eigenvalue weighted by molar-refractivity contribution is 8.00. The Bertz CT molecular complexity index is 1130. The molecule has 0 saturated carbocycles. The van der Waals surface area contributed by atoms with Crippen molar-refractivity contribution in [3.8, 4) is 0 Å². The Kier molecular flexibility index (Phi) is 8.10. The van der Waals surface area contributed by atoms with E-state index in [1.54, 1.807) is 6.92 Å². The van der Waals surface area contributed by atoms with Gasteiger partial charge in [-0.15, -0.1) is 10.2 Å². The molecule has 11 heteroatoms. The van der Waals surface area contributed by atoms with Crippen LogP contribution in [0.1, 0.15) is 31.2 Å². The average Bonchev–Trinajstić information content (AvgIpc) is 3.24. The second kappa shape index (κ2) is 11.0. The minimum atomic E-state index is -1.70. The van der Waals surface area contributed by atoms with E-state index in [0.29, 0.717) is 18.4 Å². The summed E-state index contributed by atoms with van der Waals surface area (Å²) in [5, 5.41) is 11.9. The van der Waals surface area contributed by atoms with Gasteiger partial charge in [0.15, 0.2) is 17.5 Å². The lowest BCUT2D eigenvalue weighted by Gasteiger charge is -2.11. The molecule has 3 rings (SSSR count). The molecular formula is C22H21F3N4O3S. The summed E-state index contributed by atoms with van der Waals surface area (Å²) in [6, 6.07) is 11.4. The highest BCUT2D eigenvalue weighted by Crippen LogP contribution is 2.25. The topological polar surface area (TPSA) is 97.1 Å². The number of benzene rings is 2. The van der Waals surface area contributed by atoms with Crippen LogP contribution in [0.25, 0.3) is 0 Å². The van der Waals surface area contributed by atoms with Crippen molar-refractivity contribution >= 4 is 29.3 Å². The molecule has 1 aromatic heterocycles. The zero-order valence-electron chi connectivity index (χ0n) is 17.8. The monoisotopic (exact) mass is 478 g/mol. The van der Waals surface area contributed by atoms with Crippen LogP contribution < -0.4 is 10.6 Å². The van der Waals surface area contributed by atoms with E-state index >= 15 is 0 Å². The molecule has 1 heterocycles. The van der Waals surface area contributed by atoms with Gasteiger partial charge < -0.3 is 15.1 Å². The Balaban J connectivity index is 1.47. The molecule has 174 valence electrons. The van der Waals surface area contributed by atoms with Crippen molar-refractivity contribution in [1.82, 2.24) is 15.5 Å². The smallest absolute Gasteiger partial charge is 0.277 e. The summed E-state index contributed by atoms with van der Waals surface area (Å²) in [7, 11) is 0. The first-order chi connectivity index (χ1) is 15.7. The molecule has 0 aliphatic rings. The van der Waals surface area contributed by atoms with Gasteiger partial charge in [0.25, 0.3) is 5.22 Å². The molecule has 33 heavy (non-hydrogen) atoms. The highest BCUT2D eigenvalue weighted by Gasteiger charge is 2.21. The molecule has 2 amide bonds. The lowest BCUT2D eigenvalue weighted by molar-refractivity contribution is -0.123. The van der Waals surface area contributed by atoms with E-state index in [2.05, 4.69) is 20.8 Å². The minimum Gasteiger partial charge on any atom is -0.416 e. The SMILES string of the molecule is CC(Sc1nnc(CC(C)c2ccccc2)o1)C(=O)NCC(=O)Nc1ccc(F)c(F)c1F. The number of hydrogen-bond acceptors (Lipinski definition) is 6. The normalized spacial score (nSPS) is 12.8. The number of aromatic nitrogens is 2. The number of halogens is 3. The molecule has 0 saturated heterocycles. The Hall–Kier alpha value is -3.34. The summed E-state index contributed by atoms with van der Waals surface area (Å²) in [4.78, 5) is 24.2. The third kappa shape index (κ3) is 6.58. The van der Waals surface area contributed by atoms with Crippen molar-refractivity contribution in [1.29, 1.82) is 0 Å². The lowest BCUT2D eigenvalue weighted by Crippen LogP contribution is -2.37. The van der Waals surface area contributed by atoms with Gasteiger partial charge in [-0.05, 0) is 30.5 Å². The zero-order chi connectivity index (χ0) is 24.0. The van der Waals surface area contributed by atoms with Gasteiger partial charge in [0.05, 0.1) is 17.5 Å². The molecule has 2 atom stereocenters. The molecule has 0 bridgehead atoms. The summed E-state index contributed by atoms with van der Waals surface area (Å²) in [6.45, 7) is 3.13. The van der Waals surface area contributed by atoms with Crippen LogP contribution in [0.4, 0.5) is 18.9 Å². The molecule has 0 spiro atoms. The van der Waals surface area contributed by atoms with Gasteiger partial charge in [-0.1, -0.05) is 49.0 Å². The van der Waals surface area contributed by atoms with Gasteiger partial charge in [0, 0.05) is 6.42 Å². The number of carbonyl (C=O) groups excluding carboxylic acids is 2. The van der Waals surface area contributed by atoms with Gasteiger partial charge in [0.1, 0.15) is 0 Å². The van der Waals surface area contributed by atoms with E-state index in [9.17, 15) is 22.8 Å². The van der Waals surface area contributed by atoms with Gasteiger partial charge in [-0.25, -0.2) is 13.2 Å². The fraction of sp³-hybridized carbons (Fsp3) is 0.273. The molecule has 0 fully saturated rings. The van der Waals surface area contributed by atoms with Crippen molar-refractivity contribution in [2.45, 2.75) is 36.7 Å². The molecule has 2 aromatic carbocycles. The second-order valence-corrected chi connectivity index (χ2v) is 8.52. The third-order valence-corrected chi connectivity index (χ3v) is 5.61. The van der Waals surface area contributed by atoms with Gasteiger partial charge >= 0.3 is 0 Å². The molecule has 0 aliphatic heterocycles. The van der Waals surface area contributed by atoms with E-state index in [1.807, 2.05) is 37.3 Å². The molecule has 3 aromatic rings. The van der Waals surface area contributed by atoms with E-state index in [1.165, 1.54) is 0 Å². The number of nitrogens with one attached hydrogen (secondary N) is 2. The van der Waals surface area contributed by atoms with Crippen LogP contribution in [0.5, 0.6) is 0 Å². The van der Waals surface area contributed by atoms with Crippen LogP contribution in [-0.2, 0) is 16.0 Å². The number of rotatable bonds is 9. The van der Waals surface area contributed by atoms with Crippen LogP contribution in [-0.4, -0.2) is 33.8 Å². The molecule has 0 aliphatic carbocycles. The number of carbonyl (C=O) groups is 2. The molecule has 2 unspecified atom stereocenters. The Morgan fingerprint density at radius 1 is 1.03 bits per heavy atom. The fourth-order valence-electron chi connectivity index (χ4n) is 2.86. The predicted octanol–water partition coefficient (Wildman–Crippen LogP) is 4.07. The summed E-state index contributed by atoms with van der Waals surface area (Å²) in [6.07, 6.45) is 0.541. The standard InChI is InChI=1S/C22H21F3N4O3S/c1-12(14-6-4-3-5-7-14)10-18-28-29-22(32-18)33-13(2)21(31)26-11-17(30)27-16-9-8-15(23)19(24)20(16)25/h3-9,12-13H,10-11H2,1-2H3,(H,26,31)(H,27,30). The largest absolute Gasteiger partial charge is 0.416 e.